The van der Waals surface area contributed by atoms with Gasteiger partial charge >= 0.3 is 0 Å². The van der Waals surface area contributed by atoms with Crippen LogP contribution < -0.4 is 5.32 Å². The quantitative estimate of drug-likeness (QED) is 0.831. The molecular formula is C17H20BrN. The molecule has 0 aromatic heterocycles. The van der Waals surface area contributed by atoms with E-state index in [4.69, 9.17) is 0 Å². The minimum absolute atomic E-state index is 0.511. The Balaban J connectivity index is 2.09. The first kappa shape index (κ1) is 13.1. The second-order valence-corrected chi connectivity index (χ2v) is 6.26. The van der Waals surface area contributed by atoms with Crippen molar-refractivity contribution in [1.82, 2.24) is 5.32 Å². The van der Waals surface area contributed by atoms with Gasteiger partial charge in [-0.3, -0.25) is 0 Å². The normalized spacial score (nSPS) is 17.4. The summed E-state index contributed by atoms with van der Waals surface area (Å²) in [6.07, 6.45) is 4.12. The van der Waals surface area contributed by atoms with Crippen molar-refractivity contribution >= 4 is 26.7 Å². The average molecular weight is 318 g/mol. The van der Waals surface area contributed by atoms with E-state index in [1.165, 1.54) is 40.1 Å². The second kappa shape index (κ2) is 5.64. The van der Waals surface area contributed by atoms with Crippen molar-refractivity contribution in [3.8, 4) is 0 Å². The van der Waals surface area contributed by atoms with Crippen LogP contribution in [0, 0.1) is 5.92 Å². The zero-order valence-electron chi connectivity index (χ0n) is 11.3. The van der Waals surface area contributed by atoms with Crippen LogP contribution >= 0.6 is 15.9 Å². The Hall–Kier alpha value is -0.860. The standard InChI is InChI=1S/C17H20BrN/c1-2-19-17(12-6-5-7-12)15-10-11-16(18)14-9-4-3-8-13(14)15/h3-4,8-12,17,19H,2,5-7H2,1H3. The van der Waals surface area contributed by atoms with Crippen LogP contribution in [0.2, 0.25) is 0 Å². The van der Waals surface area contributed by atoms with Crippen LogP contribution in [0.5, 0.6) is 0 Å². The molecule has 19 heavy (non-hydrogen) atoms. The molecule has 0 radical (unpaired) electrons. The molecule has 0 aliphatic heterocycles. The molecule has 0 heterocycles. The smallest absolute Gasteiger partial charge is 0.0354 e. The van der Waals surface area contributed by atoms with E-state index in [0.717, 1.165) is 12.5 Å². The lowest BCUT2D eigenvalue weighted by Gasteiger charge is -2.35. The minimum atomic E-state index is 0.511. The zero-order chi connectivity index (χ0) is 13.2. The van der Waals surface area contributed by atoms with Crippen molar-refractivity contribution in [1.29, 1.82) is 0 Å². The number of fused-ring (bicyclic) bond motifs is 1. The van der Waals surface area contributed by atoms with Gasteiger partial charge in [0.15, 0.2) is 0 Å². The Bertz CT molecular complexity index is 574. The molecule has 0 saturated heterocycles. The molecule has 1 aliphatic carbocycles. The molecular weight excluding hydrogens is 298 g/mol. The van der Waals surface area contributed by atoms with Crippen LogP contribution in [0.15, 0.2) is 40.9 Å². The van der Waals surface area contributed by atoms with Crippen molar-refractivity contribution in [3.05, 3.63) is 46.4 Å². The van der Waals surface area contributed by atoms with Crippen LogP contribution in [-0.4, -0.2) is 6.54 Å². The summed E-state index contributed by atoms with van der Waals surface area (Å²) < 4.78 is 1.19. The van der Waals surface area contributed by atoms with E-state index in [2.05, 4.69) is 64.6 Å². The van der Waals surface area contributed by atoms with Crippen molar-refractivity contribution in [2.75, 3.05) is 6.54 Å². The molecule has 1 saturated carbocycles. The first-order valence-electron chi connectivity index (χ1n) is 7.21. The van der Waals surface area contributed by atoms with Gasteiger partial charge in [0.1, 0.15) is 0 Å². The van der Waals surface area contributed by atoms with Gasteiger partial charge in [-0.15, -0.1) is 0 Å². The fourth-order valence-electron chi connectivity index (χ4n) is 3.08. The Kier molecular flexibility index (Phi) is 3.90. The number of benzene rings is 2. The lowest BCUT2D eigenvalue weighted by Crippen LogP contribution is -2.32. The van der Waals surface area contributed by atoms with Crippen molar-refractivity contribution in [2.45, 2.75) is 32.2 Å². The van der Waals surface area contributed by atoms with Gasteiger partial charge in [0.25, 0.3) is 0 Å². The molecule has 1 fully saturated rings. The Morgan fingerprint density at radius 2 is 1.89 bits per heavy atom. The predicted molar refractivity (Wildman–Crippen MR) is 85.4 cm³/mol. The minimum Gasteiger partial charge on any atom is -0.310 e. The van der Waals surface area contributed by atoms with Gasteiger partial charge in [0, 0.05) is 10.5 Å². The third-order valence-electron chi connectivity index (χ3n) is 4.28. The summed E-state index contributed by atoms with van der Waals surface area (Å²) in [5.74, 6) is 0.810. The molecule has 2 aromatic carbocycles. The van der Waals surface area contributed by atoms with Gasteiger partial charge in [-0.25, -0.2) is 0 Å². The highest BCUT2D eigenvalue weighted by Gasteiger charge is 2.28. The van der Waals surface area contributed by atoms with Gasteiger partial charge in [0.05, 0.1) is 0 Å². The zero-order valence-corrected chi connectivity index (χ0v) is 12.9. The van der Waals surface area contributed by atoms with Gasteiger partial charge in [-0.2, -0.15) is 0 Å². The van der Waals surface area contributed by atoms with Gasteiger partial charge in [-0.1, -0.05) is 59.6 Å². The van der Waals surface area contributed by atoms with Gasteiger partial charge in [0.2, 0.25) is 0 Å². The summed E-state index contributed by atoms with van der Waals surface area (Å²) in [6.45, 7) is 3.23. The van der Waals surface area contributed by atoms with E-state index >= 15 is 0 Å². The maximum absolute atomic E-state index is 3.70. The molecule has 1 atom stereocenters. The summed E-state index contributed by atoms with van der Waals surface area (Å²) in [4.78, 5) is 0. The lowest BCUT2D eigenvalue weighted by molar-refractivity contribution is 0.234. The van der Waals surface area contributed by atoms with Crippen LogP contribution in [0.1, 0.15) is 37.8 Å². The molecule has 100 valence electrons. The summed E-state index contributed by atoms with van der Waals surface area (Å²) >= 11 is 3.67. The molecule has 0 bridgehead atoms. The van der Waals surface area contributed by atoms with Crippen molar-refractivity contribution in [2.24, 2.45) is 5.92 Å². The monoisotopic (exact) mass is 317 g/mol. The lowest BCUT2D eigenvalue weighted by atomic mass is 9.76. The molecule has 0 amide bonds. The highest BCUT2D eigenvalue weighted by Crippen LogP contribution is 2.40. The van der Waals surface area contributed by atoms with Gasteiger partial charge in [-0.05, 0) is 47.7 Å². The fourth-order valence-corrected chi connectivity index (χ4v) is 3.56. The SMILES string of the molecule is CCNC(c1ccc(Br)c2ccccc12)C1CCC1. The first-order chi connectivity index (χ1) is 9.31. The van der Waals surface area contributed by atoms with E-state index in [9.17, 15) is 0 Å². The summed E-state index contributed by atoms with van der Waals surface area (Å²) in [7, 11) is 0. The van der Waals surface area contributed by atoms with Crippen LogP contribution in [0.4, 0.5) is 0 Å². The molecule has 2 heteroatoms. The average Bonchev–Trinajstić information content (AvgIpc) is 2.37. The first-order valence-corrected chi connectivity index (χ1v) is 8.01. The highest BCUT2D eigenvalue weighted by atomic mass is 79.9. The maximum atomic E-state index is 3.70. The molecule has 1 nitrogen and oxygen atoms in total. The Morgan fingerprint density at radius 1 is 1.16 bits per heavy atom. The third kappa shape index (κ3) is 2.44. The maximum Gasteiger partial charge on any atom is 0.0354 e. The second-order valence-electron chi connectivity index (χ2n) is 5.41. The highest BCUT2D eigenvalue weighted by molar-refractivity contribution is 9.10. The van der Waals surface area contributed by atoms with Crippen LogP contribution in [0.3, 0.4) is 0 Å². The number of rotatable bonds is 4. The third-order valence-corrected chi connectivity index (χ3v) is 4.98. The molecule has 2 aromatic rings. The summed E-state index contributed by atoms with van der Waals surface area (Å²) in [6, 6.07) is 13.7. The van der Waals surface area contributed by atoms with E-state index in [1.54, 1.807) is 0 Å². The van der Waals surface area contributed by atoms with E-state index in [-0.39, 0.29) is 0 Å². The predicted octanol–water partition coefficient (Wildman–Crippen LogP) is 5.05. The summed E-state index contributed by atoms with van der Waals surface area (Å²) in [5, 5.41) is 6.40. The molecule has 1 aliphatic rings. The number of halogens is 1. The van der Waals surface area contributed by atoms with Crippen molar-refractivity contribution < 1.29 is 0 Å². The fraction of sp³-hybridized carbons (Fsp3) is 0.412. The van der Waals surface area contributed by atoms with Crippen LogP contribution in [-0.2, 0) is 0 Å². The molecule has 1 N–H and O–H groups in total. The Morgan fingerprint density at radius 3 is 2.53 bits per heavy atom. The van der Waals surface area contributed by atoms with Gasteiger partial charge < -0.3 is 5.32 Å². The number of hydrogen-bond acceptors (Lipinski definition) is 1. The van der Waals surface area contributed by atoms with E-state index in [0.29, 0.717) is 6.04 Å². The van der Waals surface area contributed by atoms with Crippen LogP contribution in [0.25, 0.3) is 10.8 Å². The largest absolute Gasteiger partial charge is 0.310 e. The Labute approximate surface area is 123 Å². The molecule has 0 spiro atoms. The van der Waals surface area contributed by atoms with E-state index in [1.807, 2.05) is 0 Å². The number of nitrogens with one attached hydrogen (secondary N) is 1. The number of hydrogen-bond donors (Lipinski definition) is 1. The summed E-state index contributed by atoms with van der Waals surface area (Å²) in [5.41, 5.74) is 1.46. The van der Waals surface area contributed by atoms with Crippen molar-refractivity contribution in [3.63, 3.8) is 0 Å². The topological polar surface area (TPSA) is 12.0 Å². The molecule has 1 unspecified atom stereocenters. The van der Waals surface area contributed by atoms with E-state index < -0.39 is 0 Å². The molecule has 3 rings (SSSR count).